The van der Waals surface area contributed by atoms with Crippen molar-refractivity contribution in [2.24, 2.45) is 5.84 Å². The van der Waals surface area contributed by atoms with Crippen molar-refractivity contribution in [2.75, 3.05) is 6.61 Å². The summed E-state index contributed by atoms with van der Waals surface area (Å²) in [5.74, 6) is 5.45. The molecular weight excluding hydrogens is 204 g/mol. The Bertz CT molecular complexity index is 340. The normalized spacial score (nSPS) is 9.88. The van der Waals surface area contributed by atoms with E-state index < -0.39 is 0 Å². The third-order valence-electron chi connectivity index (χ3n) is 2.24. The number of amides is 1. The van der Waals surface area contributed by atoms with Gasteiger partial charge in [-0.1, -0.05) is 25.8 Å². The number of benzene rings is 1. The molecule has 0 atom stereocenters. The zero-order chi connectivity index (χ0) is 11.8. The van der Waals surface area contributed by atoms with Gasteiger partial charge in [0.1, 0.15) is 5.75 Å². The van der Waals surface area contributed by atoms with Gasteiger partial charge in [0, 0.05) is 5.56 Å². The monoisotopic (exact) mass is 222 g/mol. The predicted molar refractivity (Wildman–Crippen MR) is 63.1 cm³/mol. The van der Waals surface area contributed by atoms with Gasteiger partial charge < -0.3 is 4.74 Å². The SMILES string of the molecule is CCCCCOc1cccc(C(=O)NN)c1. The fourth-order valence-corrected chi connectivity index (χ4v) is 1.35. The fourth-order valence-electron chi connectivity index (χ4n) is 1.35. The Labute approximate surface area is 95.8 Å². The summed E-state index contributed by atoms with van der Waals surface area (Å²) in [6.45, 7) is 2.83. The second-order valence-electron chi connectivity index (χ2n) is 3.56. The first kappa shape index (κ1) is 12.5. The molecule has 0 fully saturated rings. The molecule has 0 aliphatic carbocycles. The molecule has 0 spiro atoms. The van der Waals surface area contributed by atoms with Crippen molar-refractivity contribution in [3.63, 3.8) is 0 Å². The number of hydrogen-bond acceptors (Lipinski definition) is 3. The molecule has 0 saturated carbocycles. The van der Waals surface area contributed by atoms with E-state index in [9.17, 15) is 4.79 Å². The zero-order valence-corrected chi connectivity index (χ0v) is 9.53. The molecule has 0 aromatic heterocycles. The Morgan fingerprint density at radius 1 is 1.44 bits per heavy atom. The van der Waals surface area contributed by atoms with E-state index in [-0.39, 0.29) is 5.91 Å². The summed E-state index contributed by atoms with van der Waals surface area (Å²) in [6, 6.07) is 6.99. The number of ether oxygens (including phenoxy) is 1. The van der Waals surface area contributed by atoms with Crippen LogP contribution in [0.5, 0.6) is 5.75 Å². The molecule has 4 heteroatoms. The van der Waals surface area contributed by atoms with Crippen LogP contribution in [0.4, 0.5) is 0 Å². The van der Waals surface area contributed by atoms with Crippen LogP contribution in [0.15, 0.2) is 24.3 Å². The van der Waals surface area contributed by atoms with Gasteiger partial charge in [-0.25, -0.2) is 5.84 Å². The molecule has 1 aromatic carbocycles. The summed E-state index contributed by atoms with van der Waals surface area (Å²) in [7, 11) is 0. The highest BCUT2D eigenvalue weighted by Crippen LogP contribution is 2.13. The first-order chi connectivity index (χ1) is 7.77. The molecule has 4 nitrogen and oxygen atoms in total. The second-order valence-corrected chi connectivity index (χ2v) is 3.56. The molecule has 16 heavy (non-hydrogen) atoms. The molecule has 3 N–H and O–H groups in total. The van der Waals surface area contributed by atoms with Gasteiger partial charge in [-0.15, -0.1) is 0 Å². The quantitative estimate of drug-likeness (QED) is 0.334. The summed E-state index contributed by atoms with van der Waals surface area (Å²) >= 11 is 0. The van der Waals surface area contributed by atoms with Crippen LogP contribution >= 0.6 is 0 Å². The average molecular weight is 222 g/mol. The van der Waals surface area contributed by atoms with E-state index in [4.69, 9.17) is 10.6 Å². The van der Waals surface area contributed by atoms with E-state index in [0.717, 1.165) is 12.8 Å². The minimum Gasteiger partial charge on any atom is -0.494 e. The van der Waals surface area contributed by atoms with E-state index in [1.807, 2.05) is 6.07 Å². The molecule has 0 radical (unpaired) electrons. The number of carbonyl (C=O) groups excluding carboxylic acids is 1. The van der Waals surface area contributed by atoms with E-state index in [1.165, 1.54) is 6.42 Å². The summed E-state index contributed by atoms with van der Waals surface area (Å²) in [5.41, 5.74) is 2.60. The number of carbonyl (C=O) groups is 1. The van der Waals surface area contributed by atoms with Crippen molar-refractivity contribution in [1.29, 1.82) is 0 Å². The molecule has 0 heterocycles. The lowest BCUT2D eigenvalue weighted by molar-refractivity contribution is 0.0953. The lowest BCUT2D eigenvalue weighted by atomic mass is 10.2. The summed E-state index contributed by atoms with van der Waals surface area (Å²) in [6.07, 6.45) is 3.35. The van der Waals surface area contributed by atoms with Crippen LogP contribution in [0.25, 0.3) is 0 Å². The molecule has 0 aliphatic rings. The van der Waals surface area contributed by atoms with Crippen molar-refractivity contribution in [1.82, 2.24) is 5.43 Å². The van der Waals surface area contributed by atoms with Gasteiger partial charge >= 0.3 is 0 Å². The van der Waals surface area contributed by atoms with Crippen molar-refractivity contribution in [3.8, 4) is 5.75 Å². The van der Waals surface area contributed by atoms with Gasteiger partial charge in [-0.3, -0.25) is 10.2 Å². The molecule has 1 rings (SSSR count). The van der Waals surface area contributed by atoms with Crippen molar-refractivity contribution in [3.05, 3.63) is 29.8 Å². The van der Waals surface area contributed by atoms with Gasteiger partial charge in [0.15, 0.2) is 0 Å². The van der Waals surface area contributed by atoms with E-state index >= 15 is 0 Å². The molecule has 0 bridgehead atoms. The van der Waals surface area contributed by atoms with Crippen LogP contribution in [0.3, 0.4) is 0 Å². The Hall–Kier alpha value is -1.55. The largest absolute Gasteiger partial charge is 0.494 e. The van der Waals surface area contributed by atoms with Gasteiger partial charge in [-0.05, 0) is 24.6 Å². The second kappa shape index (κ2) is 6.85. The summed E-state index contributed by atoms with van der Waals surface area (Å²) in [4.78, 5) is 11.3. The first-order valence-corrected chi connectivity index (χ1v) is 5.51. The molecule has 0 unspecified atom stereocenters. The van der Waals surface area contributed by atoms with Crippen LogP contribution in [-0.2, 0) is 0 Å². The van der Waals surface area contributed by atoms with Crippen LogP contribution < -0.4 is 16.0 Å². The topological polar surface area (TPSA) is 64.3 Å². The maximum absolute atomic E-state index is 11.3. The number of nitrogen functional groups attached to an aromatic ring is 1. The molecule has 0 saturated heterocycles. The third kappa shape index (κ3) is 3.90. The highest BCUT2D eigenvalue weighted by Gasteiger charge is 2.04. The maximum atomic E-state index is 11.3. The number of hydrogen-bond donors (Lipinski definition) is 2. The Kier molecular flexibility index (Phi) is 5.36. The van der Waals surface area contributed by atoms with Crippen LogP contribution in [0.1, 0.15) is 36.5 Å². The van der Waals surface area contributed by atoms with Gasteiger partial charge in [0.25, 0.3) is 5.91 Å². The number of nitrogens with one attached hydrogen (secondary N) is 1. The molecular formula is C12H18N2O2. The van der Waals surface area contributed by atoms with E-state index in [2.05, 4.69) is 12.3 Å². The highest BCUT2D eigenvalue weighted by molar-refractivity contribution is 5.94. The maximum Gasteiger partial charge on any atom is 0.265 e. The lowest BCUT2D eigenvalue weighted by Gasteiger charge is -2.07. The number of nitrogens with two attached hydrogens (primary N) is 1. The minimum absolute atomic E-state index is 0.306. The predicted octanol–water partition coefficient (Wildman–Crippen LogP) is 1.86. The van der Waals surface area contributed by atoms with E-state index in [1.54, 1.807) is 18.2 Å². The zero-order valence-electron chi connectivity index (χ0n) is 9.53. The van der Waals surface area contributed by atoms with Crippen molar-refractivity contribution < 1.29 is 9.53 Å². The standard InChI is InChI=1S/C12H18N2O2/c1-2-3-4-8-16-11-7-5-6-10(9-11)12(15)14-13/h5-7,9H,2-4,8,13H2,1H3,(H,14,15). The molecule has 0 aliphatic heterocycles. The van der Waals surface area contributed by atoms with Crippen molar-refractivity contribution >= 4 is 5.91 Å². The third-order valence-corrected chi connectivity index (χ3v) is 2.24. The van der Waals surface area contributed by atoms with Crippen LogP contribution in [0.2, 0.25) is 0 Å². The van der Waals surface area contributed by atoms with Crippen LogP contribution in [-0.4, -0.2) is 12.5 Å². The summed E-state index contributed by atoms with van der Waals surface area (Å²) in [5, 5.41) is 0. The smallest absolute Gasteiger partial charge is 0.265 e. The van der Waals surface area contributed by atoms with Gasteiger partial charge in [0.2, 0.25) is 0 Å². The number of unbranched alkanes of at least 4 members (excludes halogenated alkanes) is 2. The summed E-state index contributed by atoms with van der Waals surface area (Å²) < 4.78 is 5.52. The average Bonchev–Trinajstić information content (AvgIpc) is 2.34. The first-order valence-electron chi connectivity index (χ1n) is 5.51. The fraction of sp³-hybridized carbons (Fsp3) is 0.417. The van der Waals surface area contributed by atoms with E-state index in [0.29, 0.717) is 17.9 Å². The highest BCUT2D eigenvalue weighted by atomic mass is 16.5. The van der Waals surface area contributed by atoms with Crippen LogP contribution in [0, 0.1) is 0 Å². The Morgan fingerprint density at radius 2 is 2.25 bits per heavy atom. The minimum atomic E-state index is -0.306. The van der Waals surface area contributed by atoms with Crippen molar-refractivity contribution in [2.45, 2.75) is 26.2 Å². The molecule has 1 amide bonds. The lowest BCUT2D eigenvalue weighted by Crippen LogP contribution is -2.29. The molecule has 1 aromatic rings. The Balaban J connectivity index is 2.50. The van der Waals surface area contributed by atoms with Gasteiger partial charge in [-0.2, -0.15) is 0 Å². The van der Waals surface area contributed by atoms with Gasteiger partial charge in [0.05, 0.1) is 6.61 Å². The number of rotatable bonds is 6. The number of hydrazine groups is 1. The Morgan fingerprint density at radius 3 is 2.94 bits per heavy atom. The molecule has 88 valence electrons.